The molecule has 0 atom stereocenters. The van der Waals surface area contributed by atoms with E-state index in [1.807, 2.05) is 25.1 Å². The second-order valence-corrected chi connectivity index (χ2v) is 6.73. The summed E-state index contributed by atoms with van der Waals surface area (Å²) >= 11 is 0. The Labute approximate surface area is 169 Å². The lowest BCUT2D eigenvalue weighted by atomic mass is 9.96. The zero-order chi connectivity index (χ0) is 20.8. The van der Waals surface area contributed by atoms with Crippen LogP contribution >= 0.6 is 0 Å². The lowest BCUT2D eigenvalue weighted by Crippen LogP contribution is -1.99. The Bertz CT molecular complexity index is 974. The Balaban J connectivity index is 1.86. The minimum atomic E-state index is -2.94. The standard InChI is InChI=1S/C25H23F3O/c1-3-4-5-6-17-7-9-18(10-8-17)19-11-13-20(14-12-19)21-15-16-22(29-2)24(26)23(21)25(27)28/h3-4,7-16,25H,5-6H2,1-2H3. The van der Waals surface area contributed by atoms with Gasteiger partial charge in [0.15, 0.2) is 11.6 Å². The lowest BCUT2D eigenvalue weighted by molar-refractivity contribution is 0.146. The molecule has 0 aliphatic heterocycles. The summed E-state index contributed by atoms with van der Waals surface area (Å²) < 4.78 is 46.2. The van der Waals surface area contributed by atoms with Gasteiger partial charge in [0.2, 0.25) is 0 Å². The number of hydrogen-bond acceptors (Lipinski definition) is 1. The third-order valence-corrected chi connectivity index (χ3v) is 4.90. The molecular weight excluding hydrogens is 373 g/mol. The van der Waals surface area contributed by atoms with Crippen molar-refractivity contribution in [3.05, 3.63) is 89.8 Å². The molecule has 0 radical (unpaired) electrons. The zero-order valence-electron chi connectivity index (χ0n) is 16.5. The van der Waals surface area contributed by atoms with Crippen LogP contribution in [0.5, 0.6) is 5.75 Å². The summed E-state index contributed by atoms with van der Waals surface area (Å²) in [7, 11) is 1.26. The molecule has 0 aliphatic carbocycles. The van der Waals surface area contributed by atoms with Gasteiger partial charge in [0.25, 0.3) is 6.43 Å². The van der Waals surface area contributed by atoms with E-state index in [1.54, 1.807) is 12.1 Å². The highest BCUT2D eigenvalue weighted by molar-refractivity contribution is 5.73. The monoisotopic (exact) mass is 396 g/mol. The topological polar surface area (TPSA) is 9.23 Å². The summed E-state index contributed by atoms with van der Waals surface area (Å²) in [5.41, 5.74) is 3.35. The van der Waals surface area contributed by atoms with Gasteiger partial charge in [0, 0.05) is 0 Å². The first-order valence-corrected chi connectivity index (χ1v) is 9.50. The van der Waals surface area contributed by atoms with Crippen LogP contribution in [0.25, 0.3) is 22.3 Å². The van der Waals surface area contributed by atoms with Crippen molar-refractivity contribution >= 4 is 0 Å². The van der Waals surface area contributed by atoms with E-state index in [2.05, 4.69) is 30.3 Å². The Morgan fingerprint density at radius 2 is 1.45 bits per heavy atom. The number of aryl methyl sites for hydroxylation is 1. The van der Waals surface area contributed by atoms with Gasteiger partial charge < -0.3 is 4.74 Å². The molecule has 0 heterocycles. The molecule has 0 amide bonds. The Kier molecular flexibility index (Phi) is 6.76. The SMILES string of the molecule is CC=CCCc1ccc(-c2ccc(-c3ccc(OC)c(F)c3C(F)F)cc2)cc1. The van der Waals surface area contributed by atoms with E-state index in [1.165, 1.54) is 24.8 Å². The van der Waals surface area contributed by atoms with E-state index in [-0.39, 0.29) is 11.3 Å². The van der Waals surface area contributed by atoms with Gasteiger partial charge in [0.1, 0.15) is 0 Å². The van der Waals surface area contributed by atoms with Gasteiger partial charge in [-0.05, 0) is 59.7 Å². The highest BCUT2D eigenvalue weighted by atomic mass is 19.3. The molecule has 3 rings (SSSR count). The second kappa shape index (κ2) is 9.46. The van der Waals surface area contributed by atoms with Gasteiger partial charge in [-0.2, -0.15) is 0 Å². The van der Waals surface area contributed by atoms with E-state index < -0.39 is 17.8 Å². The van der Waals surface area contributed by atoms with E-state index in [9.17, 15) is 13.2 Å². The quantitative estimate of drug-likeness (QED) is 0.373. The molecule has 0 saturated heterocycles. The van der Waals surface area contributed by atoms with Crippen LogP contribution in [0.2, 0.25) is 0 Å². The molecule has 0 aliphatic rings. The smallest absolute Gasteiger partial charge is 0.267 e. The third kappa shape index (κ3) is 4.70. The molecule has 150 valence electrons. The number of benzene rings is 3. The highest BCUT2D eigenvalue weighted by Gasteiger charge is 2.22. The van der Waals surface area contributed by atoms with Crippen molar-refractivity contribution in [1.82, 2.24) is 0 Å². The number of allylic oxidation sites excluding steroid dienone is 2. The first kappa shape index (κ1) is 20.7. The van der Waals surface area contributed by atoms with Crippen LogP contribution in [0.3, 0.4) is 0 Å². The van der Waals surface area contributed by atoms with Crippen LogP contribution in [0.15, 0.2) is 72.8 Å². The predicted octanol–water partition coefficient (Wildman–Crippen LogP) is 7.61. The fraction of sp³-hybridized carbons (Fsp3) is 0.200. The normalized spacial score (nSPS) is 11.4. The van der Waals surface area contributed by atoms with Crippen molar-refractivity contribution in [3.8, 4) is 28.0 Å². The average Bonchev–Trinajstić information content (AvgIpc) is 2.74. The van der Waals surface area contributed by atoms with Gasteiger partial charge in [-0.1, -0.05) is 60.7 Å². The fourth-order valence-corrected chi connectivity index (χ4v) is 3.32. The Morgan fingerprint density at radius 3 is 2.00 bits per heavy atom. The molecule has 0 aromatic heterocycles. The van der Waals surface area contributed by atoms with Crippen molar-refractivity contribution in [3.63, 3.8) is 0 Å². The number of methoxy groups -OCH3 is 1. The summed E-state index contributed by atoms with van der Waals surface area (Å²) in [6.45, 7) is 2.01. The number of alkyl halides is 2. The van der Waals surface area contributed by atoms with Crippen LogP contribution in [0.4, 0.5) is 13.2 Å². The molecule has 0 unspecified atom stereocenters. The molecule has 4 heteroatoms. The van der Waals surface area contributed by atoms with Gasteiger partial charge in [-0.15, -0.1) is 0 Å². The fourth-order valence-electron chi connectivity index (χ4n) is 3.32. The van der Waals surface area contributed by atoms with Crippen molar-refractivity contribution in [2.24, 2.45) is 0 Å². The van der Waals surface area contributed by atoms with E-state index in [0.29, 0.717) is 5.56 Å². The van der Waals surface area contributed by atoms with Gasteiger partial charge >= 0.3 is 0 Å². The Hall–Kier alpha value is -3.01. The van der Waals surface area contributed by atoms with Crippen LogP contribution in [-0.2, 0) is 6.42 Å². The van der Waals surface area contributed by atoms with Gasteiger partial charge in [-0.3, -0.25) is 0 Å². The van der Waals surface area contributed by atoms with E-state index >= 15 is 0 Å². The molecule has 0 N–H and O–H groups in total. The van der Waals surface area contributed by atoms with Crippen LogP contribution in [0, 0.1) is 5.82 Å². The first-order chi connectivity index (χ1) is 14.0. The maximum atomic E-state index is 14.4. The van der Waals surface area contributed by atoms with Gasteiger partial charge in [0.05, 0.1) is 12.7 Å². The number of hydrogen-bond donors (Lipinski definition) is 0. The third-order valence-electron chi connectivity index (χ3n) is 4.90. The molecule has 0 bridgehead atoms. The van der Waals surface area contributed by atoms with Crippen LogP contribution < -0.4 is 4.74 Å². The zero-order valence-corrected chi connectivity index (χ0v) is 16.5. The minimum absolute atomic E-state index is 0.171. The summed E-state index contributed by atoms with van der Waals surface area (Å²) in [6, 6.07) is 18.3. The van der Waals surface area contributed by atoms with Crippen molar-refractivity contribution in [2.45, 2.75) is 26.2 Å². The largest absolute Gasteiger partial charge is 0.494 e. The van der Waals surface area contributed by atoms with Gasteiger partial charge in [-0.25, -0.2) is 13.2 Å². The summed E-state index contributed by atoms with van der Waals surface area (Å²) in [4.78, 5) is 0. The summed E-state index contributed by atoms with van der Waals surface area (Å²) in [6.07, 6.45) is 3.25. The average molecular weight is 396 g/mol. The molecule has 29 heavy (non-hydrogen) atoms. The maximum absolute atomic E-state index is 14.4. The number of halogens is 3. The van der Waals surface area contributed by atoms with Crippen molar-refractivity contribution in [2.75, 3.05) is 7.11 Å². The number of rotatable bonds is 7. The lowest BCUT2D eigenvalue weighted by Gasteiger charge is -2.13. The molecule has 3 aromatic rings. The van der Waals surface area contributed by atoms with Crippen LogP contribution in [-0.4, -0.2) is 7.11 Å². The predicted molar refractivity (Wildman–Crippen MR) is 112 cm³/mol. The van der Waals surface area contributed by atoms with Crippen LogP contribution in [0.1, 0.15) is 30.9 Å². The van der Waals surface area contributed by atoms with Crippen molar-refractivity contribution < 1.29 is 17.9 Å². The highest BCUT2D eigenvalue weighted by Crippen LogP contribution is 2.37. The number of ether oxygens (including phenoxy) is 1. The minimum Gasteiger partial charge on any atom is -0.494 e. The second-order valence-electron chi connectivity index (χ2n) is 6.73. The molecule has 0 fully saturated rings. The van der Waals surface area contributed by atoms with E-state index in [0.717, 1.165) is 24.0 Å². The summed E-state index contributed by atoms with van der Waals surface area (Å²) in [5.74, 6) is -1.20. The molecule has 0 spiro atoms. The molecule has 3 aromatic carbocycles. The van der Waals surface area contributed by atoms with E-state index in [4.69, 9.17) is 4.74 Å². The molecule has 1 nitrogen and oxygen atoms in total. The first-order valence-electron chi connectivity index (χ1n) is 9.50. The Morgan fingerprint density at radius 1 is 0.862 bits per heavy atom. The molecule has 0 saturated carbocycles. The maximum Gasteiger partial charge on any atom is 0.267 e. The summed E-state index contributed by atoms with van der Waals surface area (Å²) in [5, 5.41) is 0. The van der Waals surface area contributed by atoms with Crippen molar-refractivity contribution in [1.29, 1.82) is 0 Å². The molecular formula is C25H23F3O.